The molecule has 2 atom stereocenters. The van der Waals surface area contributed by atoms with E-state index in [1.54, 1.807) is 21.1 Å². The second kappa shape index (κ2) is 37.2. The molecule has 0 aromatic heterocycles. The highest BCUT2D eigenvalue weighted by atomic mass is 16.6. The molecule has 0 amide bonds. The van der Waals surface area contributed by atoms with Crippen molar-refractivity contribution in [2.75, 3.05) is 41.0 Å². The van der Waals surface area contributed by atoms with E-state index in [2.05, 4.69) is 62.5 Å². The van der Waals surface area contributed by atoms with Crippen LogP contribution in [0.5, 0.6) is 0 Å². The summed E-state index contributed by atoms with van der Waals surface area (Å²) in [6.07, 6.45) is 48.6. The predicted octanol–water partition coefficient (Wildman–Crippen LogP) is 9.79. The lowest BCUT2D eigenvalue weighted by atomic mass is 10.1. The second-order valence-electron chi connectivity index (χ2n) is 14.7. The van der Waals surface area contributed by atoms with Gasteiger partial charge in [0.25, 0.3) is 0 Å². The van der Waals surface area contributed by atoms with Crippen LogP contribution in [0.15, 0.2) is 97.2 Å². The molecule has 55 heavy (non-hydrogen) atoms. The second-order valence-corrected chi connectivity index (χ2v) is 14.7. The van der Waals surface area contributed by atoms with Crippen LogP contribution in [0.3, 0.4) is 0 Å². The molecule has 0 aliphatic carbocycles. The van der Waals surface area contributed by atoms with E-state index in [0.717, 1.165) is 70.6 Å². The van der Waals surface area contributed by atoms with Gasteiger partial charge in [-0.2, -0.15) is 0 Å². The number of carbonyl (C=O) groups is 3. The number of quaternary nitrogens is 1. The Morgan fingerprint density at radius 1 is 0.564 bits per heavy atom. The Morgan fingerprint density at radius 3 is 1.53 bits per heavy atom. The van der Waals surface area contributed by atoms with Crippen LogP contribution in [0.1, 0.15) is 129 Å². The van der Waals surface area contributed by atoms with Gasteiger partial charge in [0.1, 0.15) is 12.6 Å². The van der Waals surface area contributed by atoms with Crippen molar-refractivity contribution in [2.24, 2.45) is 0 Å². The number of likely N-dealkylation sites (N-methyl/N-ethyl adjacent to an activating group) is 1. The number of hydrogen-bond donors (Lipinski definition) is 0. The number of unbranched alkanes of at least 4 members (excludes halogenated alkanes) is 11. The number of carbonyl (C=O) groups excluding carboxylic acids is 3. The number of rotatable bonds is 35. The predicted molar refractivity (Wildman–Crippen MR) is 226 cm³/mol. The summed E-state index contributed by atoms with van der Waals surface area (Å²) in [6, 6.07) is -0.742. The van der Waals surface area contributed by atoms with Crippen LogP contribution in [-0.2, 0) is 28.6 Å². The van der Waals surface area contributed by atoms with E-state index in [0.29, 0.717) is 12.8 Å². The maximum Gasteiger partial charge on any atom is 0.306 e. The van der Waals surface area contributed by atoms with Gasteiger partial charge in [-0.15, -0.1) is 0 Å². The quantitative estimate of drug-likeness (QED) is 0.0274. The highest BCUT2D eigenvalue weighted by molar-refractivity contribution is 5.70. The lowest BCUT2D eigenvalue weighted by Gasteiger charge is -2.34. The van der Waals surface area contributed by atoms with Crippen molar-refractivity contribution in [2.45, 2.75) is 142 Å². The smallest absolute Gasteiger partial charge is 0.306 e. The van der Waals surface area contributed by atoms with Crippen LogP contribution >= 0.6 is 0 Å². The summed E-state index contributed by atoms with van der Waals surface area (Å²) < 4.78 is 17.1. The first-order valence-corrected chi connectivity index (χ1v) is 20.9. The molecule has 0 aliphatic rings. The summed E-state index contributed by atoms with van der Waals surface area (Å²) in [4.78, 5) is 36.8. The number of hydrogen-bond acceptors (Lipinski definition) is 7. The van der Waals surface area contributed by atoms with Crippen LogP contribution in [0.2, 0.25) is 0 Å². The van der Waals surface area contributed by atoms with Crippen molar-refractivity contribution in [3.63, 3.8) is 0 Å². The first-order valence-electron chi connectivity index (χ1n) is 20.9. The lowest BCUT2D eigenvalue weighted by molar-refractivity contribution is -0.889. The molecular formula is C47H75NO7. The standard InChI is InChI=1S/C47H75NO7/c1-6-8-10-12-14-16-18-20-21-22-23-24-26-28-30-32-34-36-38-46(50)55-43(41-53-40-39-44(47(51)52)48(3,4)5)42-54-45(49)37-35-33-31-29-27-25-19-17-15-13-11-9-7-2/h9,11,13-25,27,43-44H,6-8,10,12,26,28-42H2,1-5H3/b11-9+,15-13+,16-14+,19-17+,20-18+,22-21+,24-23+,27-25+. The first-order chi connectivity index (χ1) is 26.6. The van der Waals surface area contributed by atoms with Crippen LogP contribution in [0, 0.1) is 0 Å². The molecule has 0 N–H and O–H groups in total. The SMILES string of the molecule is CC/C=C/C=C/C=C/C=C/CCCCCC(=O)OCC(COCCC(C(=O)[O-])[N+](C)(C)C)OC(=O)CCCCCCC/C=C/C=C/C=C/C=C/CCCCC. The third-order valence-corrected chi connectivity index (χ3v) is 8.64. The minimum atomic E-state index is -1.14. The molecule has 0 heterocycles. The van der Waals surface area contributed by atoms with Crippen LogP contribution in [0.4, 0.5) is 0 Å². The Kier molecular flexibility index (Phi) is 34.7. The Balaban J connectivity index is 4.52. The number of esters is 2. The topological polar surface area (TPSA) is 102 Å². The maximum atomic E-state index is 12.7. The summed E-state index contributed by atoms with van der Waals surface area (Å²) >= 11 is 0. The van der Waals surface area contributed by atoms with Crippen LogP contribution in [0.25, 0.3) is 0 Å². The van der Waals surface area contributed by atoms with E-state index >= 15 is 0 Å². The Labute approximate surface area is 335 Å². The van der Waals surface area contributed by atoms with Gasteiger partial charge in [0.05, 0.1) is 40.3 Å². The van der Waals surface area contributed by atoms with E-state index in [-0.39, 0.29) is 49.1 Å². The van der Waals surface area contributed by atoms with Crippen LogP contribution < -0.4 is 5.11 Å². The Morgan fingerprint density at radius 2 is 1.02 bits per heavy atom. The van der Waals surface area contributed by atoms with Gasteiger partial charge in [-0.05, 0) is 57.8 Å². The Bertz CT molecular complexity index is 1220. The van der Waals surface area contributed by atoms with Gasteiger partial charge in [-0.3, -0.25) is 9.59 Å². The van der Waals surface area contributed by atoms with Crippen molar-refractivity contribution in [3.05, 3.63) is 97.2 Å². The highest BCUT2D eigenvalue weighted by Gasteiger charge is 2.25. The van der Waals surface area contributed by atoms with Crippen molar-refractivity contribution in [1.82, 2.24) is 0 Å². The number of nitrogens with zero attached hydrogens (tertiary/aromatic N) is 1. The number of aliphatic carboxylic acids is 1. The molecule has 310 valence electrons. The molecule has 8 heteroatoms. The molecular weight excluding hydrogens is 691 g/mol. The van der Waals surface area contributed by atoms with E-state index in [9.17, 15) is 19.5 Å². The fraction of sp³-hybridized carbons (Fsp3) is 0.596. The molecule has 0 saturated heterocycles. The van der Waals surface area contributed by atoms with Gasteiger partial charge in [0, 0.05) is 19.3 Å². The molecule has 0 aromatic carbocycles. The molecule has 0 aromatic rings. The number of ether oxygens (including phenoxy) is 3. The van der Waals surface area contributed by atoms with Gasteiger partial charge in [-0.25, -0.2) is 0 Å². The van der Waals surface area contributed by atoms with Crippen molar-refractivity contribution in [3.8, 4) is 0 Å². The lowest BCUT2D eigenvalue weighted by Crippen LogP contribution is -2.55. The average molecular weight is 766 g/mol. The maximum absolute atomic E-state index is 12.7. The summed E-state index contributed by atoms with van der Waals surface area (Å²) in [5.74, 6) is -1.83. The molecule has 0 bridgehead atoms. The van der Waals surface area contributed by atoms with Gasteiger partial charge in [0.15, 0.2) is 6.10 Å². The van der Waals surface area contributed by atoms with Crippen molar-refractivity contribution >= 4 is 17.9 Å². The van der Waals surface area contributed by atoms with E-state index < -0.39 is 18.1 Å². The van der Waals surface area contributed by atoms with Gasteiger partial charge in [0.2, 0.25) is 0 Å². The minimum Gasteiger partial charge on any atom is -0.544 e. The molecule has 0 rings (SSSR count). The molecule has 0 saturated carbocycles. The molecule has 0 aliphatic heterocycles. The third-order valence-electron chi connectivity index (χ3n) is 8.64. The average Bonchev–Trinajstić information content (AvgIpc) is 3.14. The highest BCUT2D eigenvalue weighted by Crippen LogP contribution is 2.12. The summed E-state index contributed by atoms with van der Waals surface area (Å²) in [7, 11) is 5.37. The first kappa shape index (κ1) is 51.2. The molecule has 0 radical (unpaired) electrons. The minimum absolute atomic E-state index is 0.0110. The van der Waals surface area contributed by atoms with Gasteiger partial charge >= 0.3 is 11.9 Å². The van der Waals surface area contributed by atoms with Gasteiger partial charge < -0.3 is 28.6 Å². The largest absolute Gasteiger partial charge is 0.544 e. The third kappa shape index (κ3) is 35.7. The Hall–Kier alpha value is -3.75. The molecule has 0 spiro atoms. The molecule has 8 nitrogen and oxygen atoms in total. The van der Waals surface area contributed by atoms with E-state index in [4.69, 9.17) is 14.2 Å². The summed E-state index contributed by atoms with van der Waals surface area (Å²) in [5, 5.41) is 11.6. The van der Waals surface area contributed by atoms with Crippen molar-refractivity contribution in [1.29, 1.82) is 0 Å². The number of carboxylic acids is 1. The summed E-state index contributed by atoms with van der Waals surface area (Å²) in [5.41, 5.74) is 0. The zero-order valence-electron chi connectivity index (χ0n) is 35.0. The summed E-state index contributed by atoms with van der Waals surface area (Å²) in [6.45, 7) is 4.38. The van der Waals surface area contributed by atoms with Crippen LogP contribution in [-0.4, -0.2) is 75.5 Å². The fourth-order valence-electron chi connectivity index (χ4n) is 5.38. The van der Waals surface area contributed by atoms with E-state index in [1.165, 1.54) is 19.3 Å². The molecule has 2 unspecified atom stereocenters. The fourth-order valence-corrected chi connectivity index (χ4v) is 5.38. The molecule has 0 fully saturated rings. The zero-order valence-corrected chi connectivity index (χ0v) is 35.0. The monoisotopic (exact) mass is 766 g/mol. The zero-order chi connectivity index (χ0) is 40.7. The van der Waals surface area contributed by atoms with E-state index in [1.807, 2.05) is 48.6 Å². The number of allylic oxidation sites excluding steroid dienone is 16. The van der Waals surface area contributed by atoms with Crippen molar-refractivity contribution < 1.29 is 38.2 Å². The van der Waals surface area contributed by atoms with Gasteiger partial charge in [-0.1, -0.05) is 150 Å². The normalized spacial score (nSPS) is 14.0. The number of carboxylic acid groups (broad SMARTS) is 1.